The van der Waals surface area contributed by atoms with E-state index in [-0.39, 0.29) is 0 Å². The summed E-state index contributed by atoms with van der Waals surface area (Å²) in [5, 5.41) is 3.54. The summed E-state index contributed by atoms with van der Waals surface area (Å²) in [6, 6.07) is 7.98. The molecule has 4 heteroatoms. The van der Waals surface area contributed by atoms with E-state index >= 15 is 0 Å². The first-order valence-electron chi connectivity index (χ1n) is 5.45. The Morgan fingerprint density at radius 3 is 2.65 bits per heavy atom. The van der Waals surface area contributed by atoms with E-state index in [1.54, 1.807) is 0 Å². The lowest BCUT2D eigenvalue weighted by Crippen LogP contribution is -2.31. The Kier molecular flexibility index (Phi) is 5.09. The van der Waals surface area contributed by atoms with Gasteiger partial charge in [-0.05, 0) is 31.5 Å². The molecule has 0 saturated carbocycles. The van der Waals surface area contributed by atoms with Gasteiger partial charge in [0.2, 0.25) is 0 Å². The van der Waals surface area contributed by atoms with Gasteiger partial charge >= 0.3 is 0 Å². The zero-order valence-electron chi connectivity index (χ0n) is 10.2. The van der Waals surface area contributed by atoms with Crippen molar-refractivity contribution in [3.05, 3.63) is 40.3 Å². The molecule has 1 aromatic carbocycles. The van der Waals surface area contributed by atoms with Gasteiger partial charge in [0.05, 0.1) is 6.54 Å². The molecule has 4 nitrogen and oxygen atoms in total. The van der Waals surface area contributed by atoms with Crippen molar-refractivity contribution in [2.24, 2.45) is 5.11 Å². The molecule has 1 aromatic rings. The molecule has 0 aliphatic heterocycles. The number of terminal acetylenes is 1. The van der Waals surface area contributed by atoms with Gasteiger partial charge in [-0.3, -0.25) is 4.90 Å². The lowest BCUT2D eigenvalue weighted by atomic mass is 10.1. The van der Waals surface area contributed by atoms with Crippen molar-refractivity contribution in [2.75, 3.05) is 13.6 Å². The van der Waals surface area contributed by atoms with Gasteiger partial charge in [0.15, 0.2) is 0 Å². The summed E-state index contributed by atoms with van der Waals surface area (Å²) >= 11 is 0. The van der Waals surface area contributed by atoms with Gasteiger partial charge in [0.1, 0.15) is 0 Å². The van der Waals surface area contributed by atoms with Gasteiger partial charge in [-0.25, -0.2) is 0 Å². The van der Waals surface area contributed by atoms with Crippen molar-refractivity contribution < 1.29 is 0 Å². The smallest absolute Gasteiger partial charge is 0.0598 e. The standard InChI is InChI=1S/C13H16N4/c1-4-9-17(3)11(2)10-12-5-7-13(8-6-12)15-16-14/h1,5-8,11H,9-10H2,2-3H3/t11-/m1/s1. The highest BCUT2D eigenvalue weighted by Gasteiger charge is 2.08. The Hall–Kier alpha value is -1.95. The minimum absolute atomic E-state index is 0.386. The molecule has 0 bridgehead atoms. The van der Waals surface area contributed by atoms with Gasteiger partial charge in [-0.1, -0.05) is 35.3 Å². The first-order valence-corrected chi connectivity index (χ1v) is 5.45. The average molecular weight is 228 g/mol. The highest BCUT2D eigenvalue weighted by molar-refractivity contribution is 5.38. The van der Waals surface area contributed by atoms with Crippen molar-refractivity contribution in [3.63, 3.8) is 0 Å². The third kappa shape index (κ3) is 4.20. The van der Waals surface area contributed by atoms with Gasteiger partial charge in [0, 0.05) is 16.6 Å². The second-order valence-corrected chi connectivity index (χ2v) is 4.03. The first-order chi connectivity index (χ1) is 8.17. The first kappa shape index (κ1) is 13.1. The summed E-state index contributed by atoms with van der Waals surface area (Å²) in [4.78, 5) is 4.87. The molecule has 0 aliphatic carbocycles. The van der Waals surface area contributed by atoms with Crippen LogP contribution in [0.2, 0.25) is 0 Å². The maximum Gasteiger partial charge on any atom is 0.0598 e. The van der Waals surface area contributed by atoms with E-state index in [1.165, 1.54) is 5.56 Å². The molecule has 0 saturated heterocycles. The predicted molar refractivity (Wildman–Crippen MR) is 69.9 cm³/mol. The SMILES string of the molecule is C#CCN(C)[C@H](C)Cc1ccc(N=[N+]=[N-])cc1. The summed E-state index contributed by atoms with van der Waals surface area (Å²) < 4.78 is 0. The lowest BCUT2D eigenvalue weighted by Gasteiger charge is -2.22. The molecular formula is C13H16N4. The third-order valence-electron chi connectivity index (χ3n) is 2.72. The Balaban J connectivity index is 2.63. The van der Waals surface area contributed by atoms with Crippen LogP contribution in [0.5, 0.6) is 0 Å². The molecule has 0 aromatic heterocycles. The van der Waals surface area contributed by atoms with Gasteiger partial charge in [-0.15, -0.1) is 6.42 Å². The molecule has 0 amide bonds. The minimum atomic E-state index is 0.386. The fourth-order valence-corrected chi connectivity index (χ4v) is 1.55. The topological polar surface area (TPSA) is 52.0 Å². The number of likely N-dealkylation sites (N-methyl/N-ethyl adjacent to an activating group) is 1. The Bertz CT molecular complexity index is 437. The molecule has 0 radical (unpaired) electrons. The van der Waals surface area contributed by atoms with Crippen LogP contribution < -0.4 is 0 Å². The summed E-state index contributed by atoms with van der Waals surface area (Å²) in [6.07, 6.45) is 6.20. The average Bonchev–Trinajstić information content (AvgIpc) is 2.32. The Morgan fingerprint density at radius 2 is 2.12 bits per heavy atom. The summed E-state index contributed by atoms with van der Waals surface area (Å²) in [6.45, 7) is 2.79. The molecule has 0 heterocycles. The van der Waals surface area contributed by atoms with E-state index in [0.29, 0.717) is 18.3 Å². The van der Waals surface area contributed by atoms with Crippen LogP contribution in [-0.4, -0.2) is 24.5 Å². The minimum Gasteiger partial charge on any atom is -0.292 e. The monoisotopic (exact) mass is 228 g/mol. The van der Waals surface area contributed by atoms with E-state index in [0.717, 1.165) is 6.42 Å². The molecule has 0 aliphatic rings. The van der Waals surface area contributed by atoms with Crippen LogP contribution >= 0.6 is 0 Å². The zero-order chi connectivity index (χ0) is 12.7. The fraction of sp³-hybridized carbons (Fsp3) is 0.385. The van der Waals surface area contributed by atoms with E-state index in [4.69, 9.17) is 12.0 Å². The number of azide groups is 1. The van der Waals surface area contributed by atoms with E-state index in [1.807, 2.05) is 31.3 Å². The van der Waals surface area contributed by atoms with E-state index < -0.39 is 0 Å². The highest BCUT2D eigenvalue weighted by atomic mass is 15.1. The molecular weight excluding hydrogens is 212 g/mol. The van der Waals surface area contributed by atoms with Crippen LogP contribution in [-0.2, 0) is 6.42 Å². The number of hydrogen-bond acceptors (Lipinski definition) is 2. The van der Waals surface area contributed by atoms with Crippen LogP contribution in [0.1, 0.15) is 12.5 Å². The van der Waals surface area contributed by atoms with Crippen molar-refractivity contribution >= 4 is 5.69 Å². The molecule has 0 unspecified atom stereocenters. The quantitative estimate of drug-likeness (QED) is 0.330. The summed E-state index contributed by atoms with van der Waals surface area (Å²) in [5.41, 5.74) is 10.1. The van der Waals surface area contributed by atoms with Gasteiger partial charge in [-0.2, -0.15) is 0 Å². The molecule has 0 N–H and O–H groups in total. The van der Waals surface area contributed by atoms with Crippen molar-refractivity contribution in [3.8, 4) is 12.3 Å². The molecule has 17 heavy (non-hydrogen) atoms. The number of hydrogen-bond donors (Lipinski definition) is 0. The largest absolute Gasteiger partial charge is 0.292 e. The fourth-order valence-electron chi connectivity index (χ4n) is 1.55. The van der Waals surface area contributed by atoms with Crippen LogP contribution in [0, 0.1) is 12.3 Å². The molecule has 1 rings (SSSR count). The normalized spacial score (nSPS) is 11.6. The second kappa shape index (κ2) is 6.59. The van der Waals surface area contributed by atoms with Crippen LogP contribution in [0.3, 0.4) is 0 Å². The van der Waals surface area contributed by atoms with Crippen LogP contribution in [0.15, 0.2) is 29.4 Å². The number of nitrogens with zero attached hydrogens (tertiary/aromatic N) is 4. The van der Waals surface area contributed by atoms with Gasteiger partial charge in [0.25, 0.3) is 0 Å². The van der Waals surface area contributed by atoms with Crippen LogP contribution in [0.4, 0.5) is 5.69 Å². The second-order valence-electron chi connectivity index (χ2n) is 4.03. The summed E-state index contributed by atoms with van der Waals surface area (Å²) in [7, 11) is 2.01. The highest BCUT2D eigenvalue weighted by Crippen LogP contribution is 2.15. The Morgan fingerprint density at radius 1 is 1.47 bits per heavy atom. The number of rotatable bonds is 5. The lowest BCUT2D eigenvalue weighted by molar-refractivity contribution is 0.287. The summed E-state index contributed by atoms with van der Waals surface area (Å²) in [5.74, 6) is 2.63. The maximum atomic E-state index is 8.30. The zero-order valence-corrected chi connectivity index (χ0v) is 10.2. The number of benzene rings is 1. The molecule has 0 spiro atoms. The predicted octanol–water partition coefficient (Wildman–Crippen LogP) is 3.12. The van der Waals surface area contributed by atoms with E-state index in [9.17, 15) is 0 Å². The van der Waals surface area contributed by atoms with Gasteiger partial charge < -0.3 is 0 Å². The molecule has 88 valence electrons. The van der Waals surface area contributed by atoms with Crippen LogP contribution in [0.25, 0.3) is 10.4 Å². The third-order valence-corrected chi connectivity index (χ3v) is 2.72. The van der Waals surface area contributed by atoms with Crippen molar-refractivity contribution in [2.45, 2.75) is 19.4 Å². The van der Waals surface area contributed by atoms with Crippen molar-refractivity contribution in [1.29, 1.82) is 0 Å². The van der Waals surface area contributed by atoms with E-state index in [2.05, 4.69) is 27.8 Å². The van der Waals surface area contributed by atoms with Crippen molar-refractivity contribution in [1.82, 2.24) is 4.90 Å². The molecule has 1 atom stereocenters. The Labute approximate surface area is 102 Å². The maximum absolute atomic E-state index is 8.30. The molecule has 0 fully saturated rings.